The van der Waals surface area contributed by atoms with Gasteiger partial charge in [-0.3, -0.25) is 0 Å². The van der Waals surface area contributed by atoms with Crippen molar-refractivity contribution in [2.45, 2.75) is 18.6 Å². The molecular weight excluding hydrogens is 255 g/mol. The molecule has 4 nitrogen and oxygen atoms in total. The lowest BCUT2D eigenvalue weighted by Gasteiger charge is -2.13. The first kappa shape index (κ1) is 14.6. The number of nitrogen functional groups attached to an aromatic ring is 1. The van der Waals surface area contributed by atoms with Gasteiger partial charge in [0.2, 0.25) is 0 Å². The van der Waals surface area contributed by atoms with Gasteiger partial charge in [-0.1, -0.05) is 6.92 Å². The van der Waals surface area contributed by atoms with Gasteiger partial charge in [-0.05, 0) is 24.8 Å². The lowest BCUT2D eigenvalue weighted by molar-refractivity contribution is 0.0698. The number of hydrogen-bond acceptors (Lipinski definition) is 4. The zero-order valence-electron chi connectivity index (χ0n) is 10.4. The van der Waals surface area contributed by atoms with Gasteiger partial charge in [-0.15, -0.1) is 0 Å². The molecule has 4 N–H and O–H groups in total. The molecule has 1 aromatic carbocycles. The number of rotatable bonds is 6. The Morgan fingerprint density at radius 1 is 1.61 bits per heavy atom. The van der Waals surface area contributed by atoms with Crippen LogP contribution in [0.25, 0.3) is 0 Å². The average molecular weight is 272 g/mol. The van der Waals surface area contributed by atoms with Crippen LogP contribution in [-0.4, -0.2) is 29.1 Å². The summed E-state index contributed by atoms with van der Waals surface area (Å²) in [6.45, 7) is 2.71. The van der Waals surface area contributed by atoms with Crippen LogP contribution in [-0.2, 0) is 0 Å². The van der Waals surface area contributed by atoms with Crippen molar-refractivity contribution in [3.05, 3.63) is 23.5 Å². The van der Waals surface area contributed by atoms with Crippen LogP contribution in [0, 0.1) is 5.82 Å². The summed E-state index contributed by atoms with van der Waals surface area (Å²) in [7, 11) is 0. The van der Waals surface area contributed by atoms with E-state index in [1.54, 1.807) is 11.8 Å². The minimum atomic E-state index is -1.23. The lowest BCUT2D eigenvalue weighted by atomic mass is 10.1. The molecule has 0 radical (unpaired) electrons. The normalized spacial score (nSPS) is 12.2. The highest BCUT2D eigenvalue weighted by molar-refractivity contribution is 7.99. The number of aromatic carboxylic acids is 1. The minimum absolute atomic E-state index is 0.202. The van der Waals surface area contributed by atoms with E-state index in [0.29, 0.717) is 17.5 Å². The van der Waals surface area contributed by atoms with Crippen LogP contribution in [0.3, 0.4) is 0 Å². The fourth-order valence-corrected chi connectivity index (χ4v) is 1.85. The Morgan fingerprint density at radius 2 is 2.28 bits per heavy atom. The molecular formula is C12H17FN2O2S. The molecule has 0 saturated carbocycles. The third kappa shape index (κ3) is 3.53. The summed E-state index contributed by atoms with van der Waals surface area (Å²) >= 11 is 1.74. The molecule has 18 heavy (non-hydrogen) atoms. The second-order valence-electron chi connectivity index (χ2n) is 3.95. The van der Waals surface area contributed by atoms with Gasteiger partial charge in [0.15, 0.2) is 0 Å². The maximum absolute atomic E-state index is 13.2. The molecule has 1 atom stereocenters. The number of carbonyl (C=O) groups is 1. The molecule has 1 rings (SSSR count). The summed E-state index contributed by atoms with van der Waals surface area (Å²) in [6.07, 6.45) is 2.90. The summed E-state index contributed by atoms with van der Waals surface area (Å²) in [5, 5.41) is 12.5. The number of anilines is 2. The van der Waals surface area contributed by atoms with Gasteiger partial charge in [0.25, 0.3) is 0 Å². The van der Waals surface area contributed by atoms with Crippen molar-refractivity contribution >= 4 is 29.1 Å². The Bertz CT molecular complexity index is 440. The van der Waals surface area contributed by atoms with Crippen LogP contribution >= 0.6 is 11.8 Å². The highest BCUT2D eigenvalue weighted by Gasteiger charge is 2.17. The molecule has 0 aliphatic rings. The van der Waals surface area contributed by atoms with Gasteiger partial charge in [0.1, 0.15) is 11.4 Å². The summed E-state index contributed by atoms with van der Waals surface area (Å²) in [6, 6.07) is 2.57. The summed E-state index contributed by atoms with van der Waals surface area (Å²) < 4.78 is 13.2. The smallest absolute Gasteiger partial charge is 0.340 e. The van der Waals surface area contributed by atoms with Crippen LogP contribution in [0.15, 0.2) is 12.1 Å². The van der Waals surface area contributed by atoms with E-state index in [9.17, 15) is 9.18 Å². The standard InChI is InChI=1S/C12H17FN2O2S/c1-7(18-2)5-6-15-9-4-3-8(13)11(14)10(9)12(16)17/h3-4,7,15H,5-6,14H2,1-2H3,(H,16,17). The molecule has 0 heterocycles. The van der Waals surface area contributed by atoms with Crippen LogP contribution in [0.1, 0.15) is 23.7 Å². The van der Waals surface area contributed by atoms with Gasteiger partial charge >= 0.3 is 5.97 Å². The largest absolute Gasteiger partial charge is 0.478 e. The summed E-state index contributed by atoms with van der Waals surface area (Å²) in [5.41, 5.74) is 5.27. The Hall–Kier alpha value is -1.43. The number of benzene rings is 1. The van der Waals surface area contributed by atoms with Gasteiger partial charge in [0, 0.05) is 11.8 Å². The number of halogens is 1. The van der Waals surface area contributed by atoms with Crippen molar-refractivity contribution in [1.29, 1.82) is 0 Å². The van der Waals surface area contributed by atoms with Crippen LogP contribution < -0.4 is 11.1 Å². The number of thioether (sulfide) groups is 1. The lowest BCUT2D eigenvalue weighted by Crippen LogP contribution is -2.13. The van der Waals surface area contributed by atoms with Crippen LogP contribution in [0.2, 0.25) is 0 Å². The second kappa shape index (κ2) is 6.49. The van der Waals surface area contributed by atoms with E-state index in [-0.39, 0.29) is 11.3 Å². The summed E-state index contributed by atoms with van der Waals surface area (Å²) in [4.78, 5) is 11.1. The molecule has 0 amide bonds. The molecule has 0 aliphatic heterocycles. The number of carboxylic acids is 1. The van der Waals surface area contributed by atoms with Crippen LogP contribution in [0.5, 0.6) is 0 Å². The predicted octanol–water partition coefficient (Wildman–Crippen LogP) is 2.66. The molecule has 0 aromatic heterocycles. The topological polar surface area (TPSA) is 75.3 Å². The Balaban J connectivity index is 2.83. The third-order valence-corrected chi connectivity index (χ3v) is 3.72. The Kier molecular flexibility index (Phi) is 5.27. The Labute approximate surface area is 110 Å². The maximum atomic E-state index is 13.2. The van der Waals surface area contributed by atoms with E-state index < -0.39 is 11.8 Å². The second-order valence-corrected chi connectivity index (χ2v) is 5.23. The number of carboxylic acid groups (broad SMARTS) is 1. The highest BCUT2D eigenvalue weighted by Crippen LogP contribution is 2.25. The van der Waals surface area contributed by atoms with E-state index >= 15 is 0 Å². The number of nitrogens with two attached hydrogens (primary N) is 1. The van der Waals surface area contributed by atoms with Crippen molar-refractivity contribution in [1.82, 2.24) is 0 Å². The zero-order chi connectivity index (χ0) is 13.7. The summed E-state index contributed by atoms with van der Waals surface area (Å²) in [5.74, 6) is -1.94. The number of nitrogens with one attached hydrogen (secondary N) is 1. The third-order valence-electron chi connectivity index (χ3n) is 2.67. The minimum Gasteiger partial charge on any atom is -0.478 e. The maximum Gasteiger partial charge on any atom is 0.340 e. The van der Waals surface area contributed by atoms with Crippen LogP contribution in [0.4, 0.5) is 15.8 Å². The Morgan fingerprint density at radius 3 is 2.83 bits per heavy atom. The molecule has 1 unspecified atom stereocenters. The first-order valence-electron chi connectivity index (χ1n) is 5.55. The van der Waals surface area contributed by atoms with Crippen molar-refractivity contribution in [2.75, 3.05) is 23.9 Å². The van der Waals surface area contributed by atoms with Gasteiger partial charge in [-0.2, -0.15) is 11.8 Å². The first-order valence-corrected chi connectivity index (χ1v) is 6.84. The average Bonchev–Trinajstić information content (AvgIpc) is 2.33. The molecule has 100 valence electrons. The SMILES string of the molecule is CSC(C)CCNc1ccc(F)c(N)c1C(=O)O. The van der Waals surface area contributed by atoms with Gasteiger partial charge in [-0.25, -0.2) is 9.18 Å². The highest BCUT2D eigenvalue weighted by atomic mass is 32.2. The number of hydrogen-bond donors (Lipinski definition) is 3. The van der Waals surface area contributed by atoms with E-state index in [1.165, 1.54) is 12.1 Å². The van der Waals surface area contributed by atoms with Crippen molar-refractivity contribution in [3.63, 3.8) is 0 Å². The first-order chi connectivity index (χ1) is 8.47. The van der Waals surface area contributed by atoms with E-state index in [4.69, 9.17) is 10.8 Å². The van der Waals surface area contributed by atoms with Crippen molar-refractivity contribution < 1.29 is 14.3 Å². The van der Waals surface area contributed by atoms with E-state index in [2.05, 4.69) is 12.2 Å². The fraction of sp³-hybridized carbons (Fsp3) is 0.417. The molecule has 1 aromatic rings. The predicted molar refractivity (Wildman–Crippen MR) is 73.9 cm³/mol. The molecule has 0 fully saturated rings. The molecule has 0 spiro atoms. The molecule has 0 bridgehead atoms. The molecule has 6 heteroatoms. The van der Waals surface area contributed by atoms with Gasteiger partial charge < -0.3 is 16.2 Å². The van der Waals surface area contributed by atoms with Gasteiger partial charge in [0.05, 0.1) is 11.4 Å². The fourth-order valence-electron chi connectivity index (χ4n) is 1.50. The monoisotopic (exact) mass is 272 g/mol. The van der Waals surface area contributed by atoms with Crippen molar-refractivity contribution in [3.8, 4) is 0 Å². The zero-order valence-corrected chi connectivity index (χ0v) is 11.2. The van der Waals surface area contributed by atoms with Crippen molar-refractivity contribution in [2.24, 2.45) is 0 Å². The van der Waals surface area contributed by atoms with E-state index in [1.807, 2.05) is 6.26 Å². The van der Waals surface area contributed by atoms with E-state index in [0.717, 1.165) is 6.42 Å². The molecule has 0 aliphatic carbocycles. The molecule has 0 saturated heterocycles. The quantitative estimate of drug-likeness (QED) is 0.694.